The number of nitriles is 1. The molecular weight excluding hydrogens is 304 g/mol. The quantitative estimate of drug-likeness (QED) is 0.764. The number of nitrogens with zero attached hydrogens (tertiary/aromatic N) is 4. The van der Waals surface area contributed by atoms with E-state index in [0.29, 0.717) is 17.9 Å². The molecule has 0 spiro atoms. The van der Waals surface area contributed by atoms with Crippen LogP contribution in [0.1, 0.15) is 29.5 Å². The number of anilines is 1. The van der Waals surface area contributed by atoms with Crippen LogP contribution >= 0.6 is 0 Å². The van der Waals surface area contributed by atoms with Gasteiger partial charge in [-0.05, 0) is 36.2 Å². The molecule has 0 saturated heterocycles. The highest BCUT2D eigenvalue weighted by Gasteiger charge is 2.18. The minimum atomic E-state index is -0.295. The van der Waals surface area contributed by atoms with Crippen molar-refractivity contribution in [1.82, 2.24) is 19.7 Å². The average Bonchev–Trinajstić information content (AvgIpc) is 2.97. The highest BCUT2D eigenvalue weighted by Crippen LogP contribution is 2.27. The highest BCUT2D eigenvalue weighted by atomic mass is 16.1. The first-order valence-corrected chi connectivity index (χ1v) is 7.57. The van der Waals surface area contributed by atoms with Gasteiger partial charge in [0.2, 0.25) is 0 Å². The van der Waals surface area contributed by atoms with E-state index in [-0.39, 0.29) is 17.4 Å². The molecule has 7 nitrogen and oxygen atoms in total. The Hall–Kier alpha value is -3.40. The molecular formula is C17H16N6O. The summed E-state index contributed by atoms with van der Waals surface area (Å²) in [6.45, 7) is 2.54. The van der Waals surface area contributed by atoms with Crippen LogP contribution < -0.4 is 11.1 Å². The summed E-state index contributed by atoms with van der Waals surface area (Å²) in [5.74, 6) is -0.00791. The first-order chi connectivity index (χ1) is 11.7. The Kier molecular flexibility index (Phi) is 4.12. The van der Waals surface area contributed by atoms with Crippen molar-refractivity contribution in [1.29, 1.82) is 5.26 Å². The van der Waals surface area contributed by atoms with Gasteiger partial charge in [-0.1, -0.05) is 6.92 Å². The van der Waals surface area contributed by atoms with Gasteiger partial charge in [0.05, 0.1) is 0 Å². The van der Waals surface area contributed by atoms with E-state index in [1.807, 2.05) is 25.1 Å². The Morgan fingerprint density at radius 2 is 2.29 bits per heavy atom. The molecule has 24 heavy (non-hydrogen) atoms. The van der Waals surface area contributed by atoms with Gasteiger partial charge in [-0.15, -0.1) is 0 Å². The van der Waals surface area contributed by atoms with Crippen molar-refractivity contribution in [2.24, 2.45) is 0 Å². The Balaban J connectivity index is 2.14. The van der Waals surface area contributed by atoms with Crippen LogP contribution in [0.25, 0.3) is 16.8 Å². The minimum absolute atomic E-state index is 0.200. The number of nitrogens with one attached hydrogen (secondary N) is 1. The standard InChI is InChI=1S/C17H16N6O/c1-2-6-21-17(24)14-15(19)23-8-3-4-13(16(23)22-14)11-5-7-20-12(9-11)10-18/h3-5,7-9H,2,6,19H2,1H3,(H,21,24). The van der Waals surface area contributed by atoms with Crippen molar-refractivity contribution in [2.45, 2.75) is 13.3 Å². The molecule has 3 aromatic heterocycles. The van der Waals surface area contributed by atoms with Gasteiger partial charge in [-0.25, -0.2) is 9.97 Å². The second kappa shape index (κ2) is 6.38. The summed E-state index contributed by atoms with van der Waals surface area (Å²) in [7, 11) is 0. The number of nitrogen functional groups attached to an aromatic ring is 1. The van der Waals surface area contributed by atoms with Crippen molar-refractivity contribution < 1.29 is 4.79 Å². The number of pyridine rings is 2. The maximum absolute atomic E-state index is 12.2. The zero-order valence-corrected chi connectivity index (χ0v) is 13.2. The Bertz CT molecular complexity index is 953. The van der Waals surface area contributed by atoms with Gasteiger partial charge >= 0.3 is 0 Å². The number of aromatic nitrogens is 3. The van der Waals surface area contributed by atoms with Crippen molar-refractivity contribution in [3.05, 3.63) is 48.0 Å². The maximum atomic E-state index is 12.2. The summed E-state index contributed by atoms with van der Waals surface area (Å²) in [5.41, 5.74) is 8.73. The number of imidazole rings is 1. The highest BCUT2D eigenvalue weighted by molar-refractivity contribution is 5.98. The SMILES string of the molecule is CCCNC(=O)c1nc2c(-c3ccnc(C#N)c3)cccn2c1N. The summed E-state index contributed by atoms with van der Waals surface area (Å²) in [6, 6.07) is 9.17. The first kappa shape index (κ1) is 15.5. The fourth-order valence-corrected chi connectivity index (χ4v) is 2.46. The van der Waals surface area contributed by atoms with Crippen molar-refractivity contribution in [2.75, 3.05) is 12.3 Å². The van der Waals surface area contributed by atoms with E-state index in [2.05, 4.69) is 15.3 Å². The molecule has 3 aromatic rings. The molecule has 3 heterocycles. The van der Waals surface area contributed by atoms with Crippen molar-refractivity contribution in [3.8, 4) is 17.2 Å². The van der Waals surface area contributed by atoms with E-state index < -0.39 is 0 Å². The van der Waals surface area contributed by atoms with E-state index in [4.69, 9.17) is 11.0 Å². The molecule has 7 heteroatoms. The van der Waals surface area contributed by atoms with Crippen LogP contribution in [-0.4, -0.2) is 26.8 Å². The summed E-state index contributed by atoms with van der Waals surface area (Å²) in [4.78, 5) is 20.6. The van der Waals surface area contributed by atoms with Gasteiger partial charge in [0.15, 0.2) is 5.69 Å². The smallest absolute Gasteiger partial charge is 0.273 e. The number of hydrogen-bond acceptors (Lipinski definition) is 5. The number of carbonyl (C=O) groups is 1. The lowest BCUT2D eigenvalue weighted by Crippen LogP contribution is -2.25. The summed E-state index contributed by atoms with van der Waals surface area (Å²) in [5, 5.41) is 11.8. The molecule has 120 valence electrons. The summed E-state index contributed by atoms with van der Waals surface area (Å²) >= 11 is 0. The molecule has 3 N–H and O–H groups in total. The first-order valence-electron chi connectivity index (χ1n) is 7.57. The lowest BCUT2D eigenvalue weighted by Gasteiger charge is -2.04. The average molecular weight is 320 g/mol. The van der Waals surface area contributed by atoms with Crippen molar-refractivity contribution >= 4 is 17.4 Å². The lowest BCUT2D eigenvalue weighted by molar-refractivity contribution is 0.0950. The number of fused-ring (bicyclic) bond motifs is 1. The van der Waals surface area contributed by atoms with E-state index in [1.54, 1.807) is 28.9 Å². The summed E-state index contributed by atoms with van der Waals surface area (Å²) in [6.07, 6.45) is 4.15. The number of carbonyl (C=O) groups excluding carboxylic acids is 1. The summed E-state index contributed by atoms with van der Waals surface area (Å²) < 4.78 is 1.67. The normalized spacial score (nSPS) is 10.5. The van der Waals surface area contributed by atoms with Crippen LogP contribution in [0, 0.1) is 11.3 Å². The van der Waals surface area contributed by atoms with Crippen molar-refractivity contribution in [3.63, 3.8) is 0 Å². The second-order valence-corrected chi connectivity index (χ2v) is 5.26. The predicted molar refractivity (Wildman–Crippen MR) is 90.2 cm³/mol. The zero-order valence-electron chi connectivity index (χ0n) is 13.2. The van der Waals surface area contributed by atoms with Crippen LogP contribution in [0.15, 0.2) is 36.7 Å². The van der Waals surface area contributed by atoms with E-state index >= 15 is 0 Å². The third-order valence-corrected chi connectivity index (χ3v) is 3.62. The fourth-order valence-electron chi connectivity index (χ4n) is 2.46. The maximum Gasteiger partial charge on any atom is 0.273 e. The number of rotatable bonds is 4. The van der Waals surface area contributed by atoms with Crippen LogP contribution in [0.3, 0.4) is 0 Å². The predicted octanol–water partition coefficient (Wildman–Crippen LogP) is 1.99. The van der Waals surface area contributed by atoms with E-state index in [1.165, 1.54) is 0 Å². The van der Waals surface area contributed by atoms with Gasteiger partial charge in [-0.2, -0.15) is 5.26 Å². The molecule has 0 fully saturated rings. The van der Waals surface area contributed by atoms with Crippen LogP contribution in [0.2, 0.25) is 0 Å². The lowest BCUT2D eigenvalue weighted by atomic mass is 10.1. The molecule has 0 aliphatic rings. The fraction of sp³-hybridized carbons (Fsp3) is 0.176. The van der Waals surface area contributed by atoms with Crippen LogP contribution in [-0.2, 0) is 0 Å². The molecule has 0 aliphatic heterocycles. The molecule has 0 aliphatic carbocycles. The third-order valence-electron chi connectivity index (χ3n) is 3.62. The molecule has 0 aromatic carbocycles. The third kappa shape index (κ3) is 2.65. The Morgan fingerprint density at radius 1 is 1.46 bits per heavy atom. The molecule has 1 amide bonds. The second-order valence-electron chi connectivity index (χ2n) is 5.26. The number of hydrogen-bond donors (Lipinski definition) is 2. The molecule has 0 radical (unpaired) electrons. The molecule has 3 rings (SSSR count). The number of nitrogens with two attached hydrogens (primary N) is 1. The molecule has 0 atom stereocenters. The number of amides is 1. The van der Waals surface area contributed by atoms with Crippen LogP contribution in [0.5, 0.6) is 0 Å². The Morgan fingerprint density at radius 3 is 3.04 bits per heavy atom. The van der Waals surface area contributed by atoms with E-state index in [0.717, 1.165) is 17.5 Å². The Labute approximate surface area is 138 Å². The zero-order chi connectivity index (χ0) is 17.1. The topological polar surface area (TPSA) is 109 Å². The molecule has 0 saturated carbocycles. The van der Waals surface area contributed by atoms with Gasteiger partial charge in [0, 0.05) is 24.5 Å². The van der Waals surface area contributed by atoms with Gasteiger partial charge in [0.25, 0.3) is 5.91 Å². The monoisotopic (exact) mass is 320 g/mol. The van der Waals surface area contributed by atoms with Gasteiger partial charge in [0.1, 0.15) is 23.2 Å². The molecule has 0 bridgehead atoms. The van der Waals surface area contributed by atoms with Gasteiger partial charge in [-0.3, -0.25) is 9.20 Å². The van der Waals surface area contributed by atoms with Gasteiger partial charge < -0.3 is 11.1 Å². The largest absolute Gasteiger partial charge is 0.383 e. The minimum Gasteiger partial charge on any atom is -0.383 e. The van der Waals surface area contributed by atoms with E-state index in [9.17, 15) is 4.79 Å². The van der Waals surface area contributed by atoms with Crippen LogP contribution in [0.4, 0.5) is 5.82 Å². The molecule has 0 unspecified atom stereocenters.